The molecule has 0 spiro atoms. The number of carbonyl (C=O) groups excluding carboxylic acids is 3. The van der Waals surface area contributed by atoms with E-state index in [1.54, 1.807) is 41.6 Å². The topological polar surface area (TPSA) is 115 Å². The Labute approximate surface area is 232 Å². The highest BCUT2D eigenvalue weighted by molar-refractivity contribution is 6.01. The number of primary amides is 1. The number of pyridine rings is 1. The second-order valence-corrected chi connectivity index (χ2v) is 9.62. The van der Waals surface area contributed by atoms with E-state index in [1.165, 1.54) is 0 Å². The van der Waals surface area contributed by atoms with E-state index in [-0.39, 0.29) is 25.0 Å². The molecule has 1 aliphatic heterocycles. The van der Waals surface area contributed by atoms with E-state index in [2.05, 4.69) is 10.3 Å². The predicted octanol–water partition coefficient (Wildman–Crippen LogP) is 3.79. The number of rotatable bonds is 10. The summed E-state index contributed by atoms with van der Waals surface area (Å²) in [7, 11) is 0. The summed E-state index contributed by atoms with van der Waals surface area (Å²) < 4.78 is 5.79. The molecule has 0 bridgehead atoms. The Morgan fingerprint density at radius 2 is 1.57 bits per heavy atom. The summed E-state index contributed by atoms with van der Waals surface area (Å²) in [6, 6.07) is 27.3. The van der Waals surface area contributed by atoms with Crippen molar-refractivity contribution in [1.29, 1.82) is 0 Å². The van der Waals surface area contributed by atoms with Gasteiger partial charge in [0.1, 0.15) is 5.75 Å². The van der Waals surface area contributed by atoms with Gasteiger partial charge in [0, 0.05) is 36.6 Å². The first-order valence-electron chi connectivity index (χ1n) is 13.1. The van der Waals surface area contributed by atoms with Crippen LogP contribution in [0, 0.1) is 0 Å². The third-order valence-corrected chi connectivity index (χ3v) is 7.00. The third-order valence-electron chi connectivity index (χ3n) is 7.00. The molecular formula is C32H30N4O4. The van der Waals surface area contributed by atoms with E-state index in [9.17, 15) is 14.4 Å². The summed E-state index contributed by atoms with van der Waals surface area (Å²) in [5.74, 6) is -1.36. The fourth-order valence-electron chi connectivity index (χ4n) is 5.17. The fraction of sp³-hybridized carbons (Fsp3) is 0.188. The molecule has 3 aromatic carbocycles. The zero-order valence-corrected chi connectivity index (χ0v) is 21.9. The van der Waals surface area contributed by atoms with Crippen LogP contribution in [0.4, 0.5) is 0 Å². The molecule has 0 radical (unpaired) electrons. The number of aromatic nitrogens is 1. The molecule has 40 heavy (non-hydrogen) atoms. The normalized spacial score (nSPS) is 16.2. The Balaban J connectivity index is 1.58. The number of hydrogen-bond donors (Lipinski definition) is 2. The van der Waals surface area contributed by atoms with E-state index in [1.807, 2.05) is 66.7 Å². The van der Waals surface area contributed by atoms with Crippen molar-refractivity contribution < 1.29 is 19.1 Å². The number of para-hydroxylation sites is 1. The number of nitrogens with one attached hydrogen (secondary N) is 1. The van der Waals surface area contributed by atoms with Gasteiger partial charge in [0.05, 0.1) is 12.0 Å². The van der Waals surface area contributed by atoms with Crippen LogP contribution in [0.3, 0.4) is 0 Å². The Kier molecular flexibility index (Phi) is 8.15. The Morgan fingerprint density at radius 1 is 0.875 bits per heavy atom. The van der Waals surface area contributed by atoms with Crippen molar-refractivity contribution in [3.63, 3.8) is 0 Å². The maximum atomic E-state index is 14.0. The molecule has 0 fully saturated rings. The number of amides is 3. The number of nitrogens with zero attached hydrogens (tertiary/aromatic N) is 2. The second kappa shape index (κ2) is 12.3. The number of nitrogens with two attached hydrogens (primary N) is 1. The van der Waals surface area contributed by atoms with Crippen LogP contribution in [0.2, 0.25) is 0 Å². The molecule has 2 atom stereocenters. The summed E-state index contributed by atoms with van der Waals surface area (Å²) in [5.41, 5.74) is 9.06. The van der Waals surface area contributed by atoms with Crippen molar-refractivity contribution in [2.24, 2.45) is 5.73 Å². The monoisotopic (exact) mass is 534 g/mol. The molecule has 2 heterocycles. The molecule has 0 aliphatic carbocycles. The van der Waals surface area contributed by atoms with Crippen LogP contribution in [0.15, 0.2) is 103 Å². The zero-order chi connectivity index (χ0) is 27.9. The van der Waals surface area contributed by atoms with Gasteiger partial charge in [-0.3, -0.25) is 19.4 Å². The largest absolute Gasteiger partial charge is 0.483 e. The standard InChI is InChI=1S/C32H30N4O4/c33-28(37)21-40-27-15-7-6-14-26(27)30-29(31(38)35-20-23-11-8-17-34-19-23)24-12-4-5-13-25(24)32(39)36(30)18-16-22-9-2-1-3-10-22/h1-15,17,19,29-30H,16,18,20-21H2,(H2,33,37)(H,35,38). The molecule has 1 aromatic heterocycles. The quantitative estimate of drug-likeness (QED) is 0.321. The van der Waals surface area contributed by atoms with E-state index < -0.39 is 17.9 Å². The van der Waals surface area contributed by atoms with E-state index in [0.717, 1.165) is 11.1 Å². The van der Waals surface area contributed by atoms with Crippen LogP contribution in [0.5, 0.6) is 5.75 Å². The minimum Gasteiger partial charge on any atom is -0.483 e. The highest BCUT2D eigenvalue weighted by Gasteiger charge is 2.45. The Bertz CT molecular complexity index is 1490. The van der Waals surface area contributed by atoms with Gasteiger partial charge in [-0.1, -0.05) is 72.8 Å². The lowest BCUT2D eigenvalue weighted by Crippen LogP contribution is -2.48. The van der Waals surface area contributed by atoms with Crippen LogP contribution in [0.25, 0.3) is 0 Å². The van der Waals surface area contributed by atoms with E-state index in [0.29, 0.717) is 35.4 Å². The number of fused-ring (bicyclic) bond motifs is 1. The summed E-state index contributed by atoms with van der Waals surface area (Å²) in [6.45, 7) is 0.338. The molecule has 202 valence electrons. The highest BCUT2D eigenvalue weighted by Crippen LogP contribution is 2.45. The number of ether oxygens (including phenoxy) is 1. The molecular weight excluding hydrogens is 504 g/mol. The lowest BCUT2D eigenvalue weighted by atomic mass is 9.78. The SMILES string of the molecule is NC(=O)COc1ccccc1C1C(C(=O)NCc2cccnc2)c2ccccc2C(=O)N1CCc1ccccc1. The third kappa shape index (κ3) is 5.86. The zero-order valence-electron chi connectivity index (χ0n) is 21.9. The van der Waals surface area contributed by atoms with Crippen molar-refractivity contribution >= 4 is 17.7 Å². The summed E-state index contributed by atoms with van der Waals surface area (Å²) in [6.07, 6.45) is 3.98. The van der Waals surface area contributed by atoms with Crippen LogP contribution in [0.1, 0.15) is 44.6 Å². The van der Waals surface area contributed by atoms with E-state index >= 15 is 0 Å². The molecule has 1 aliphatic rings. The molecule has 5 rings (SSSR count). The van der Waals surface area contributed by atoms with Crippen molar-refractivity contribution in [3.8, 4) is 5.75 Å². The number of hydrogen-bond acceptors (Lipinski definition) is 5. The first-order chi connectivity index (χ1) is 19.5. The Morgan fingerprint density at radius 3 is 2.33 bits per heavy atom. The smallest absolute Gasteiger partial charge is 0.255 e. The summed E-state index contributed by atoms with van der Waals surface area (Å²) in [4.78, 5) is 45.5. The lowest BCUT2D eigenvalue weighted by Gasteiger charge is -2.42. The highest BCUT2D eigenvalue weighted by atomic mass is 16.5. The number of benzene rings is 3. The van der Waals surface area contributed by atoms with Gasteiger partial charge in [-0.25, -0.2) is 0 Å². The molecule has 3 amide bonds. The van der Waals surface area contributed by atoms with Crippen LogP contribution >= 0.6 is 0 Å². The van der Waals surface area contributed by atoms with Crippen LogP contribution in [-0.4, -0.2) is 40.8 Å². The average molecular weight is 535 g/mol. The van der Waals surface area contributed by atoms with Gasteiger partial charge in [0.25, 0.3) is 11.8 Å². The van der Waals surface area contributed by atoms with Crippen molar-refractivity contribution in [2.75, 3.05) is 13.2 Å². The summed E-state index contributed by atoms with van der Waals surface area (Å²) in [5, 5.41) is 3.06. The van der Waals surface area contributed by atoms with Gasteiger partial charge in [-0.15, -0.1) is 0 Å². The fourth-order valence-corrected chi connectivity index (χ4v) is 5.17. The van der Waals surface area contributed by atoms with Gasteiger partial charge < -0.3 is 20.7 Å². The predicted molar refractivity (Wildman–Crippen MR) is 150 cm³/mol. The number of carbonyl (C=O) groups is 3. The average Bonchev–Trinajstić information content (AvgIpc) is 2.99. The van der Waals surface area contributed by atoms with Gasteiger partial charge in [-0.2, -0.15) is 0 Å². The molecule has 4 aromatic rings. The van der Waals surface area contributed by atoms with Crippen molar-refractivity contribution in [1.82, 2.24) is 15.2 Å². The lowest BCUT2D eigenvalue weighted by molar-refractivity contribution is -0.124. The van der Waals surface area contributed by atoms with Gasteiger partial charge >= 0.3 is 0 Å². The molecule has 8 heteroatoms. The van der Waals surface area contributed by atoms with Gasteiger partial charge in [0.15, 0.2) is 6.61 Å². The minimum atomic E-state index is -0.736. The molecule has 8 nitrogen and oxygen atoms in total. The Hall–Kier alpha value is -4.98. The first-order valence-corrected chi connectivity index (χ1v) is 13.1. The maximum Gasteiger partial charge on any atom is 0.255 e. The van der Waals surface area contributed by atoms with Crippen LogP contribution in [-0.2, 0) is 22.6 Å². The maximum absolute atomic E-state index is 14.0. The minimum absolute atomic E-state index is 0.169. The molecule has 2 unspecified atom stereocenters. The molecule has 3 N–H and O–H groups in total. The van der Waals surface area contributed by atoms with Gasteiger partial charge in [-0.05, 0) is 41.3 Å². The van der Waals surface area contributed by atoms with Crippen molar-refractivity contribution in [3.05, 3.63) is 131 Å². The van der Waals surface area contributed by atoms with Gasteiger partial charge in [0.2, 0.25) is 5.91 Å². The van der Waals surface area contributed by atoms with E-state index in [4.69, 9.17) is 10.5 Å². The first kappa shape index (κ1) is 26.6. The van der Waals surface area contributed by atoms with Crippen LogP contribution < -0.4 is 15.8 Å². The second-order valence-electron chi connectivity index (χ2n) is 9.62. The van der Waals surface area contributed by atoms with Crippen molar-refractivity contribution in [2.45, 2.75) is 24.9 Å². The molecule has 0 saturated heterocycles. The molecule has 0 saturated carbocycles. The summed E-state index contributed by atoms with van der Waals surface area (Å²) >= 11 is 0.